The molecule has 0 saturated carbocycles. The van der Waals surface area contributed by atoms with Crippen LogP contribution in [0.5, 0.6) is 5.75 Å². The average molecular weight is 315 g/mol. The van der Waals surface area contributed by atoms with E-state index >= 15 is 0 Å². The molecule has 0 atom stereocenters. The number of methoxy groups -OCH3 is 1. The first-order chi connectivity index (χ1) is 9.92. The van der Waals surface area contributed by atoms with Crippen molar-refractivity contribution in [3.63, 3.8) is 0 Å². The van der Waals surface area contributed by atoms with Gasteiger partial charge in [-0.15, -0.1) is 0 Å². The number of carbonyl (C=O) groups is 3. The van der Waals surface area contributed by atoms with E-state index in [0.717, 1.165) is 12.7 Å². The molecule has 0 aliphatic carbocycles. The molecule has 0 bridgehead atoms. The Kier molecular flexibility index (Phi) is 6.48. The molecule has 2 amide bonds. The molecule has 1 rings (SSSR count). The fourth-order valence-corrected chi connectivity index (χ4v) is 1.57. The Morgan fingerprint density at radius 2 is 1.86 bits per heavy atom. The van der Waals surface area contributed by atoms with E-state index in [9.17, 15) is 14.4 Å². The lowest BCUT2D eigenvalue weighted by Gasteiger charge is -2.10. The van der Waals surface area contributed by atoms with Crippen molar-refractivity contribution in [1.82, 2.24) is 10.9 Å². The lowest BCUT2D eigenvalue weighted by molar-refractivity contribution is -0.144. The summed E-state index contributed by atoms with van der Waals surface area (Å²) in [6.07, 6.45) is -0.478. The van der Waals surface area contributed by atoms with Crippen LogP contribution in [-0.4, -0.2) is 31.5 Å². The summed E-state index contributed by atoms with van der Waals surface area (Å²) in [4.78, 5) is 33.5. The number of esters is 1. The SMILES string of the molecule is COC(=O)CC(=O)NNC(=O)COc1ccc(Cl)cc1C. The molecule has 1 aromatic carbocycles. The summed E-state index contributed by atoms with van der Waals surface area (Å²) in [6.45, 7) is 1.50. The lowest BCUT2D eigenvalue weighted by Crippen LogP contribution is -2.44. The zero-order valence-electron chi connectivity index (χ0n) is 11.6. The highest BCUT2D eigenvalue weighted by Gasteiger charge is 2.11. The Morgan fingerprint density at radius 3 is 2.48 bits per heavy atom. The number of rotatable bonds is 5. The summed E-state index contributed by atoms with van der Waals surface area (Å²) in [6, 6.07) is 4.98. The number of halogens is 1. The summed E-state index contributed by atoms with van der Waals surface area (Å²) < 4.78 is 9.58. The lowest BCUT2D eigenvalue weighted by atomic mass is 10.2. The van der Waals surface area contributed by atoms with Gasteiger partial charge in [-0.05, 0) is 30.7 Å². The molecule has 0 aliphatic heterocycles. The Hall–Kier alpha value is -2.28. The highest BCUT2D eigenvalue weighted by molar-refractivity contribution is 6.30. The van der Waals surface area contributed by atoms with Crippen LogP contribution < -0.4 is 15.6 Å². The molecule has 0 fully saturated rings. The second-order valence-electron chi connectivity index (χ2n) is 4.05. The van der Waals surface area contributed by atoms with Crippen molar-refractivity contribution in [3.05, 3.63) is 28.8 Å². The van der Waals surface area contributed by atoms with Gasteiger partial charge in [0, 0.05) is 5.02 Å². The van der Waals surface area contributed by atoms with E-state index in [4.69, 9.17) is 16.3 Å². The van der Waals surface area contributed by atoms with Crippen LogP contribution in [0.1, 0.15) is 12.0 Å². The maximum absolute atomic E-state index is 11.5. The molecule has 21 heavy (non-hydrogen) atoms. The number of hydrogen-bond acceptors (Lipinski definition) is 5. The molecular weight excluding hydrogens is 300 g/mol. The molecule has 0 heterocycles. The second-order valence-corrected chi connectivity index (χ2v) is 4.48. The number of ether oxygens (including phenoxy) is 2. The number of benzene rings is 1. The molecule has 0 unspecified atom stereocenters. The van der Waals surface area contributed by atoms with Gasteiger partial charge in [-0.1, -0.05) is 11.6 Å². The third-order valence-corrected chi connectivity index (χ3v) is 2.60. The van der Waals surface area contributed by atoms with Crippen molar-refractivity contribution in [3.8, 4) is 5.75 Å². The minimum Gasteiger partial charge on any atom is -0.483 e. The van der Waals surface area contributed by atoms with Crippen LogP contribution in [0.15, 0.2) is 18.2 Å². The van der Waals surface area contributed by atoms with Gasteiger partial charge in [0.15, 0.2) is 6.61 Å². The van der Waals surface area contributed by atoms with Crippen molar-refractivity contribution in [2.75, 3.05) is 13.7 Å². The molecule has 2 N–H and O–H groups in total. The van der Waals surface area contributed by atoms with E-state index in [1.54, 1.807) is 25.1 Å². The number of nitrogens with one attached hydrogen (secondary N) is 2. The minimum atomic E-state index is -0.699. The van der Waals surface area contributed by atoms with E-state index in [2.05, 4.69) is 15.6 Å². The van der Waals surface area contributed by atoms with Crippen molar-refractivity contribution in [2.45, 2.75) is 13.3 Å². The van der Waals surface area contributed by atoms with Crippen LogP contribution in [0.25, 0.3) is 0 Å². The van der Waals surface area contributed by atoms with Crippen LogP contribution in [0, 0.1) is 6.92 Å². The number of hydrazine groups is 1. The number of amides is 2. The summed E-state index contributed by atoms with van der Waals surface area (Å²) in [5.74, 6) is -1.44. The number of carbonyl (C=O) groups excluding carboxylic acids is 3. The van der Waals surface area contributed by atoms with Crippen LogP contribution >= 0.6 is 11.6 Å². The predicted molar refractivity (Wildman–Crippen MR) is 74.6 cm³/mol. The van der Waals surface area contributed by atoms with Crippen molar-refractivity contribution < 1.29 is 23.9 Å². The second kappa shape index (κ2) is 8.11. The first-order valence-corrected chi connectivity index (χ1v) is 6.33. The number of aryl methyl sites for hydroxylation is 1. The zero-order valence-corrected chi connectivity index (χ0v) is 12.3. The third kappa shape index (κ3) is 6.13. The van der Waals surface area contributed by atoms with E-state index in [-0.39, 0.29) is 6.61 Å². The Morgan fingerprint density at radius 1 is 1.19 bits per heavy atom. The van der Waals surface area contributed by atoms with Gasteiger partial charge < -0.3 is 9.47 Å². The Bertz CT molecular complexity index is 547. The molecule has 7 nitrogen and oxygen atoms in total. The first-order valence-electron chi connectivity index (χ1n) is 5.96. The summed E-state index contributed by atoms with van der Waals surface area (Å²) >= 11 is 5.80. The van der Waals surface area contributed by atoms with Crippen LogP contribution in [-0.2, 0) is 19.1 Å². The Balaban J connectivity index is 2.34. The third-order valence-electron chi connectivity index (χ3n) is 2.37. The van der Waals surface area contributed by atoms with Gasteiger partial charge in [0.2, 0.25) is 5.91 Å². The molecule has 0 saturated heterocycles. The van der Waals surface area contributed by atoms with Crippen LogP contribution in [0.2, 0.25) is 5.02 Å². The highest BCUT2D eigenvalue weighted by Crippen LogP contribution is 2.21. The van der Waals surface area contributed by atoms with E-state index in [1.165, 1.54) is 0 Å². The molecule has 0 aromatic heterocycles. The topological polar surface area (TPSA) is 93.7 Å². The predicted octanol–water partition coefficient (Wildman–Crippen LogP) is 0.738. The van der Waals surface area contributed by atoms with Crippen LogP contribution in [0.3, 0.4) is 0 Å². The first kappa shape index (κ1) is 16.8. The summed E-state index contributed by atoms with van der Waals surface area (Å²) in [5.41, 5.74) is 4.97. The monoisotopic (exact) mass is 314 g/mol. The molecule has 114 valence electrons. The van der Waals surface area contributed by atoms with Gasteiger partial charge in [0.1, 0.15) is 12.2 Å². The molecule has 0 spiro atoms. The molecule has 1 aromatic rings. The fraction of sp³-hybridized carbons (Fsp3) is 0.308. The zero-order chi connectivity index (χ0) is 15.8. The van der Waals surface area contributed by atoms with Gasteiger partial charge in [0.05, 0.1) is 7.11 Å². The van der Waals surface area contributed by atoms with Gasteiger partial charge in [-0.2, -0.15) is 0 Å². The minimum absolute atomic E-state index is 0.291. The fourth-order valence-electron chi connectivity index (χ4n) is 1.34. The van der Waals surface area contributed by atoms with Gasteiger partial charge in [0.25, 0.3) is 5.91 Å². The van der Waals surface area contributed by atoms with Crippen molar-refractivity contribution in [2.24, 2.45) is 0 Å². The number of hydrogen-bond donors (Lipinski definition) is 2. The maximum atomic E-state index is 11.5. The van der Waals surface area contributed by atoms with Crippen LogP contribution in [0.4, 0.5) is 0 Å². The molecular formula is C13H15ClN2O5. The smallest absolute Gasteiger partial charge is 0.315 e. The molecule has 8 heteroatoms. The maximum Gasteiger partial charge on any atom is 0.315 e. The largest absolute Gasteiger partial charge is 0.483 e. The van der Waals surface area contributed by atoms with Gasteiger partial charge in [-0.25, -0.2) is 0 Å². The Labute approximate surface area is 126 Å². The standard InChI is InChI=1S/C13H15ClN2O5/c1-8-5-9(14)3-4-10(8)21-7-12(18)16-15-11(17)6-13(19)20-2/h3-5H,6-7H2,1-2H3,(H,15,17)(H,16,18). The van der Waals surface area contributed by atoms with E-state index in [0.29, 0.717) is 10.8 Å². The van der Waals surface area contributed by atoms with Crippen molar-refractivity contribution >= 4 is 29.4 Å². The molecule has 0 aliphatic rings. The van der Waals surface area contributed by atoms with Gasteiger partial charge >= 0.3 is 5.97 Å². The normalized spacial score (nSPS) is 9.67. The summed E-state index contributed by atoms with van der Waals surface area (Å²) in [5, 5.41) is 0.569. The van der Waals surface area contributed by atoms with Gasteiger partial charge in [-0.3, -0.25) is 25.2 Å². The quantitative estimate of drug-likeness (QED) is 0.475. The summed E-state index contributed by atoms with van der Waals surface area (Å²) in [7, 11) is 1.16. The average Bonchev–Trinajstić information content (AvgIpc) is 2.44. The highest BCUT2D eigenvalue weighted by atomic mass is 35.5. The molecule has 0 radical (unpaired) electrons. The van der Waals surface area contributed by atoms with E-state index in [1.807, 2.05) is 0 Å². The van der Waals surface area contributed by atoms with E-state index < -0.39 is 24.2 Å². The van der Waals surface area contributed by atoms with Crippen molar-refractivity contribution in [1.29, 1.82) is 0 Å².